The Balaban J connectivity index is 2.17. The largest absolute Gasteiger partial charge is 0.395 e. The normalized spacial score (nSPS) is 23.1. The van der Waals surface area contributed by atoms with Gasteiger partial charge in [0, 0.05) is 12.0 Å². The maximum absolute atomic E-state index is 9.90. The molecule has 1 atom stereocenters. The van der Waals surface area contributed by atoms with Crippen molar-refractivity contribution in [2.24, 2.45) is 0 Å². The van der Waals surface area contributed by atoms with Crippen molar-refractivity contribution in [1.82, 2.24) is 0 Å². The highest BCUT2D eigenvalue weighted by Crippen LogP contribution is 2.39. The Kier molecular flexibility index (Phi) is 4.41. The number of aliphatic hydroxyl groups is 1. The molecule has 1 N–H and O–H groups in total. The highest BCUT2D eigenvalue weighted by Gasteiger charge is 2.35. The molecule has 1 aromatic carbocycles. The number of rotatable bonds is 5. The first-order valence-electron chi connectivity index (χ1n) is 6.99. The Labute approximate surface area is 110 Å². The highest BCUT2D eigenvalue weighted by molar-refractivity contribution is 5.37. The molecule has 1 aliphatic rings. The van der Waals surface area contributed by atoms with E-state index < -0.39 is 0 Å². The standard InChI is InChI=1S/C16H24O2/c1-13(2)18-11-10-16(12-17)9-5-7-14-6-3-4-8-15(14)16/h3-4,6,8,13,17H,5,7,9-12H2,1-2H3. The molecule has 0 saturated heterocycles. The average Bonchev–Trinajstić information content (AvgIpc) is 2.38. The fraction of sp³-hybridized carbons (Fsp3) is 0.625. The second-order valence-corrected chi connectivity index (χ2v) is 5.62. The van der Waals surface area contributed by atoms with Crippen LogP contribution in [-0.4, -0.2) is 24.4 Å². The van der Waals surface area contributed by atoms with Crippen LogP contribution in [-0.2, 0) is 16.6 Å². The molecule has 0 heterocycles. The Morgan fingerprint density at radius 1 is 1.33 bits per heavy atom. The zero-order chi connectivity index (χ0) is 13.0. The lowest BCUT2D eigenvalue weighted by atomic mass is 9.68. The molecule has 0 spiro atoms. The predicted octanol–water partition coefficient (Wildman–Crippen LogP) is 3.07. The number of hydrogen-bond donors (Lipinski definition) is 1. The minimum atomic E-state index is -0.0796. The van der Waals surface area contributed by atoms with Gasteiger partial charge in [-0.1, -0.05) is 24.3 Å². The monoisotopic (exact) mass is 248 g/mol. The quantitative estimate of drug-likeness (QED) is 0.867. The minimum Gasteiger partial charge on any atom is -0.395 e. The molecule has 1 aromatic rings. The molecule has 0 radical (unpaired) electrons. The van der Waals surface area contributed by atoms with Crippen LogP contribution in [0.2, 0.25) is 0 Å². The van der Waals surface area contributed by atoms with Crippen molar-refractivity contribution in [1.29, 1.82) is 0 Å². The zero-order valence-electron chi connectivity index (χ0n) is 11.5. The molecule has 0 aromatic heterocycles. The van der Waals surface area contributed by atoms with Gasteiger partial charge in [0.1, 0.15) is 0 Å². The Bertz CT molecular complexity index is 386. The Morgan fingerprint density at radius 3 is 2.83 bits per heavy atom. The van der Waals surface area contributed by atoms with Gasteiger partial charge >= 0.3 is 0 Å². The number of hydrogen-bond acceptors (Lipinski definition) is 2. The van der Waals surface area contributed by atoms with E-state index in [1.807, 2.05) is 0 Å². The third-order valence-electron chi connectivity index (χ3n) is 4.02. The maximum Gasteiger partial charge on any atom is 0.0528 e. The van der Waals surface area contributed by atoms with Gasteiger partial charge in [-0.05, 0) is 50.7 Å². The fourth-order valence-electron chi connectivity index (χ4n) is 3.00. The minimum absolute atomic E-state index is 0.0796. The second kappa shape index (κ2) is 5.85. The first-order chi connectivity index (χ1) is 8.68. The van der Waals surface area contributed by atoms with E-state index in [1.165, 1.54) is 17.5 Å². The SMILES string of the molecule is CC(C)OCCC1(CO)CCCc2ccccc21. The van der Waals surface area contributed by atoms with Crippen LogP contribution in [0.25, 0.3) is 0 Å². The molecular weight excluding hydrogens is 224 g/mol. The maximum atomic E-state index is 9.90. The lowest BCUT2D eigenvalue weighted by molar-refractivity contribution is 0.0491. The van der Waals surface area contributed by atoms with Crippen molar-refractivity contribution in [2.45, 2.75) is 51.0 Å². The summed E-state index contributed by atoms with van der Waals surface area (Å²) in [6, 6.07) is 8.55. The van der Waals surface area contributed by atoms with Gasteiger partial charge in [0.2, 0.25) is 0 Å². The van der Waals surface area contributed by atoms with Crippen LogP contribution in [0.1, 0.15) is 44.2 Å². The van der Waals surface area contributed by atoms with Crippen molar-refractivity contribution in [3.63, 3.8) is 0 Å². The van der Waals surface area contributed by atoms with E-state index >= 15 is 0 Å². The third kappa shape index (κ3) is 2.76. The lowest BCUT2D eigenvalue weighted by Crippen LogP contribution is -2.36. The molecule has 100 valence electrons. The number of benzene rings is 1. The van der Waals surface area contributed by atoms with Gasteiger partial charge in [-0.25, -0.2) is 0 Å². The van der Waals surface area contributed by atoms with Gasteiger partial charge in [-0.15, -0.1) is 0 Å². The molecule has 2 heteroatoms. The molecule has 0 fully saturated rings. The van der Waals surface area contributed by atoms with Gasteiger partial charge in [0.15, 0.2) is 0 Å². The third-order valence-corrected chi connectivity index (χ3v) is 4.02. The van der Waals surface area contributed by atoms with Crippen LogP contribution in [0.15, 0.2) is 24.3 Å². The van der Waals surface area contributed by atoms with Gasteiger partial charge < -0.3 is 9.84 Å². The number of ether oxygens (including phenoxy) is 1. The topological polar surface area (TPSA) is 29.5 Å². The summed E-state index contributed by atoms with van der Waals surface area (Å²) < 4.78 is 5.68. The van der Waals surface area contributed by atoms with Crippen molar-refractivity contribution >= 4 is 0 Å². The Morgan fingerprint density at radius 2 is 2.11 bits per heavy atom. The summed E-state index contributed by atoms with van der Waals surface area (Å²) in [4.78, 5) is 0. The van der Waals surface area contributed by atoms with Gasteiger partial charge in [0.25, 0.3) is 0 Å². The molecule has 1 unspecified atom stereocenters. The zero-order valence-corrected chi connectivity index (χ0v) is 11.5. The molecule has 0 bridgehead atoms. The summed E-state index contributed by atoms with van der Waals surface area (Å²) in [7, 11) is 0. The molecule has 1 aliphatic carbocycles. The molecule has 0 aliphatic heterocycles. The summed E-state index contributed by atoms with van der Waals surface area (Å²) in [6.07, 6.45) is 4.56. The molecule has 0 saturated carbocycles. The smallest absolute Gasteiger partial charge is 0.0528 e. The summed E-state index contributed by atoms with van der Waals surface area (Å²) in [5, 5.41) is 9.90. The predicted molar refractivity (Wildman–Crippen MR) is 73.8 cm³/mol. The average molecular weight is 248 g/mol. The van der Waals surface area contributed by atoms with E-state index in [9.17, 15) is 5.11 Å². The molecule has 0 amide bonds. The van der Waals surface area contributed by atoms with Crippen molar-refractivity contribution in [3.05, 3.63) is 35.4 Å². The van der Waals surface area contributed by atoms with E-state index in [-0.39, 0.29) is 18.1 Å². The summed E-state index contributed by atoms with van der Waals surface area (Å²) >= 11 is 0. The van der Waals surface area contributed by atoms with Crippen LogP contribution in [0.5, 0.6) is 0 Å². The van der Waals surface area contributed by atoms with Crippen LogP contribution >= 0.6 is 0 Å². The van der Waals surface area contributed by atoms with Crippen LogP contribution in [0, 0.1) is 0 Å². The molecule has 2 nitrogen and oxygen atoms in total. The molecule has 2 rings (SSSR count). The van der Waals surface area contributed by atoms with E-state index in [0.717, 1.165) is 25.9 Å². The van der Waals surface area contributed by atoms with Crippen molar-refractivity contribution < 1.29 is 9.84 Å². The highest BCUT2D eigenvalue weighted by atomic mass is 16.5. The van der Waals surface area contributed by atoms with Crippen molar-refractivity contribution in [2.75, 3.05) is 13.2 Å². The fourth-order valence-corrected chi connectivity index (χ4v) is 3.00. The van der Waals surface area contributed by atoms with E-state index in [1.54, 1.807) is 0 Å². The summed E-state index contributed by atoms with van der Waals surface area (Å²) in [5.41, 5.74) is 2.66. The number of fused-ring (bicyclic) bond motifs is 1. The van der Waals surface area contributed by atoms with E-state index in [0.29, 0.717) is 0 Å². The van der Waals surface area contributed by atoms with Crippen LogP contribution < -0.4 is 0 Å². The van der Waals surface area contributed by atoms with Crippen LogP contribution in [0.4, 0.5) is 0 Å². The van der Waals surface area contributed by atoms with Gasteiger partial charge in [-0.2, -0.15) is 0 Å². The Hall–Kier alpha value is -0.860. The summed E-state index contributed by atoms with van der Waals surface area (Å²) in [5.74, 6) is 0. The molecular formula is C16H24O2. The first-order valence-corrected chi connectivity index (χ1v) is 6.99. The van der Waals surface area contributed by atoms with Crippen molar-refractivity contribution in [3.8, 4) is 0 Å². The van der Waals surface area contributed by atoms with Crippen LogP contribution in [0.3, 0.4) is 0 Å². The molecule has 18 heavy (non-hydrogen) atoms. The van der Waals surface area contributed by atoms with Gasteiger partial charge in [-0.3, -0.25) is 0 Å². The summed E-state index contributed by atoms with van der Waals surface area (Å²) in [6.45, 7) is 5.07. The number of aliphatic hydroxyl groups excluding tert-OH is 1. The van der Waals surface area contributed by atoms with Gasteiger partial charge in [0.05, 0.1) is 12.7 Å². The first kappa shape index (κ1) is 13.6. The lowest BCUT2D eigenvalue weighted by Gasteiger charge is -2.38. The number of aryl methyl sites for hydroxylation is 1. The van der Waals surface area contributed by atoms with E-state index in [2.05, 4.69) is 38.1 Å². The second-order valence-electron chi connectivity index (χ2n) is 5.62. The van der Waals surface area contributed by atoms with E-state index in [4.69, 9.17) is 4.74 Å².